The molecule has 0 bridgehead atoms. The molecule has 0 saturated heterocycles. The lowest BCUT2D eigenvalue weighted by Gasteiger charge is -2.12. The number of anilines is 1. The van der Waals surface area contributed by atoms with Gasteiger partial charge < -0.3 is 15.6 Å². The van der Waals surface area contributed by atoms with E-state index in [9.17, 15) is 4.79 Å². The van der Waals surface area contributed by atoms with E-state index >= 15 is 0 Å². The number of hydrogen-bond donors (Lipinski definition) is 2. The average molecular weight is 195 g/mol. The lowest BCUT2D eigenvalue weighted by atomic mass is 10.5. The summed E-state index contributed by atoms with van der Waals surface area (Å²) in [6, 6.07) is 1.49. The molecule has 0 amide bonds. The summed E-state index contributed by atoms with van der Waals surface area (Å²) in [4.78, 5) is 14.8. The quantitative estimate of drug-likeness (QED) is 0.574. The van der Waals surface area contributed by atoms with E-state index in [0.717, 1.165) is 0 Å². The van der Waals surface area contributed by atoms with E-state index in [1.807, 2.05) is 0 Å². The third-order valence-electron chi connectivity index (χ3n) is 1.84. The Labute approximate surface area is 79.3 Å². The summed E-state index contributed by atoms with van der Waals surface area (Å²) in [5, 5.41) is 9.04. The SMILES string of the molecule is Nc1ccn([C@H]2C=C[C@@H](O)O2)c(=O)n1. The third-order valence-corrected chi connectivity index (χ3v) is 1.84. The highest BCUT2D eigenvalue weighted by Gasteiger charge is 2.19. The molecule has 0 saturated carbocycles. The van der Waals surface area contributed by atoms with Crippen LogP contribution in [0.4, 0.5) is 5.82 Å². The molecule has 2 atom stereocenters. The lowest BCUT2D eigenvalue weighted by Crippen LogP contribution is -2.27. The molecule has 3 N–H and O–H groups in total. The summed E-state index contributed by atoms with van der Waals surface area (Å²) < 4.78 is 6.23. The summed E-state index contributed by atoms with van der Waals surface area (Å²) >= 11 is 0. The molecule has 0 aliphatic carbocycles. The van der Waals surface area contributed by atoms with Gasteiger partial charge in [0.1, 0.15) is 5.82 Å². The number of rotatable bonds is 1. The van der Waals surface area contributed by atoms with Gasteiger partial charge in [-0.1, -0.05) is 0 Å². The smallest absolute Gasteiger partial charge is 0.351 e. The van der Waals surface area contributed by atoms with Gasteiger partial charge >= 0.3 is 5.69 Å². The molecule has 1 aromatic rings. The van der Waals surface area contributed by atoms with E-state index in [1.165, 1.54) is 22.9 Å². The largest absolute Gasteiger partial charge is 0.383 e. The van der Waals surface area contributed by atoms with Crippen molar-refractivity contribution < 1.29 is 9.84 Å². The van der Waals surface area contributed by atoms with Crippen LogP contribution in [0.15, 0.2) is 29.2 Å². The number of hydrogen-bond acceptors (Lipinski definition) is 5. The molecule has 6 nitrogen and oxygen atoms in total. The van der Waals surface area contributed by atoms with Gasteiger partial charge in [0, 0.05) is 6.20 Å². The first-order valence-electron chi connectivity index (χ1n) is 4.03. The van der Waals surface area contributed by atoms with Crippen LogP contribution in [0.3, 0.4) is 0 Å². The van der Waals surface area contributed by atoms with Crippen LogP contribution in [0.25, 0.3) is 0 Å². The molecule has 14 heavy (non-hydrogen) atoms. The first-order chi connectivity index (χ1) is 6.66. The fourth-order valence-corrected chi connectivity index (χ4v) is 1.20. The van der Waals surface area contributed by atoms with Crippen molar-refractivity contribution in [2.24, 2.45) is 0 Å². The molecule has 0 spiro atoms. The average Bonchev–Trinajstić information content (AvgIpc) is 2.51. The Morgan fingerprint density at radius 1 is 1.57 bits per heavy atom. The van der Waals surface area contributed by atoms with Gasteiger partial charge in [0.2, 0.25) is 0 Å². The fourth-order valence-electron chi connectivity index (χ4n) is 1.20. The predicted molar refractivity (Wildman–Crippen MR) is 48.2 cm³/mol. The third kappa shape index (κ3) is 1.52. The second kappa shape index (κ2) is 3.24. The molecular weight excluding hydrogens is 186 g/mol. The van der Waals surface area contributed by atoms with Crippen LogP contribution in [0, 0.1) is 0 Å². The van der Waals surface area contributed by atoms with Crippen molar-refractivity contribution in [1.82, 2.24) is 9.55 Å². The maximum Gasteiger partial charge on any atom is 0.351 e. The van der Waals surface area contributed by atoms with Crippen molar-refractivity contribution in [3.63, 3.8) is 0 Å². The van der Waals surface area contributed by atoms with Crippen molar-refractivity contribution in [2.75, 3.05) is 5.73 Å². The molecule has 0 radical (unpaired) electrons. The molecule has 74 valence electrons. The number of ether oxygens (including phenoxy) is 1. The van der Waals surface area contributed by atoms with Crippen LogP contribution in [-0.4, -0.2) is 20.9 Å². The van der Waals surface area contributed by atoms with Gasteiger partial charge in [0.25, 0.3) is 0 Å². The van der Waals surface area contributed by atoms with Gasteiger partial charge in [-0.2, -0.15) is 4.98 Å². The predicted octanol–water partition coefficient (Wildman–Crippen LogP) is -0.771. The Balaban J connectivity index is 2.34. The van der Waals surface area contributed by atoms with Crippen molar-refractivity contribution >= 4 is 5.82 Å². The highest BCUT2D eigenvalue weighted by atomic mass is 16.6. The Kier molecular flexibility index (Phi) is 2.06. The zero-order valence-corrected chi connectivity index (χ0v) is 7.20. The molecule has 1 aliphatic heterocycles. The van der Waals surface area contributed by atoms with Crippen LogP contribution >= 0.6 is 0 Å². The molecule has 1 aliphatic rings. The zero-order valence-electron chi connectivity index (χ0n) is 7.20. The normalized spacial score (nSPS) is 25.5. The summed E-state index contributed by atoms with van der Waals surface area (Å²) in [7, 11) is 0. The highest BCUT2D eigenvalue weighted by molar-refractivity contribution is 5.23. The number of nitrogens with two attached hydrogens (primary N) is 1. The molecule has 6 heteroatoms. The maximum absolute atomic E-state index is 11.3. The summed E-state index contributed by atoms with van der Waals surface area (Å²) in [6.45, 7) is 0. The molecular formula is C8H9N3O3. The number of aliphatic hydroxyl groups is 1. The van der Waals surface area contributed by atoms with E-state index in [2.05, 4.69) is 4.98 Å². The topological polar surface area (TPSA) is 90.4 Å². The molecule has 0 aromatic carbocycles. The standard InChI is InChI=1S/C8H9N3O3/c9-5-3-4-11(8(13)10-5)6-1-2-7(12)14-6/h1-4,6-7,12H,(H2,9,10,13)/t6-,7+/m1/s1. The molecule has 1 aromatic heterocycles. The van der Waals surface area contributed by atoms with Crippen molar-refractivity contribution in [2.45, 2.75) is 12.5 Å². The maximum atomic E-state index is 11.3. The first-order valence-corrected chi connectivity index (χ1v) is 4.03. The Morgan fingerprint density at radius 2 is 2.36 bits per heavy atom. The van der Waals surface area contributed by atoms with Gasteiger partial charge in [0.05, 0.1) is 0 Å². The number of nitrogen functional groups attached to an aromatic ring is 1. The van der Waals surface area contributed by atoms with Crippen LogP contribution in [0.2, 0.25) is 0 Å². The Hall–Kier alpha value is -1.66. The van der Waals surface area contributed by atoms with Gasteiger partial charge in [-0.3, -0.25) is 4.57 Å². The van der Waals surface area contributed by atoms with E-state index in [1.54, 1.807) is 6.08 Å². The van der Waals surface area contributed by atoms with E-state index < -0.39 is 18.2 Å². The second-order valence-electron chi connectivity index (χ2n) is 2.84. The molecule has 0 unspecified atom stereocenters. The van der Waals surface area contributed by atoms with Gasteiger partial charge in [0.15, 0.2) is 12.5 Å². The van der Waals surface area contributed by atoms with E-state index in [-0.39, 0.29) is 5.82 Å². The van der Waals surface area contributed by atoms with Crippen LogP contribution in [0.5, 0.6) is 0 Å². The number of nitrogens with zero attached hydrogens (tertiary/aromatic N) is 2. The second-order valence-corrected chi connectivity index (χ2v) is 2.84. The van der Waals surface area contributed by atoms with Gasteiger partial charge in [-0.15, -0.1) is 0 Å². The monoisotopic (exact) mass is 195 g/mol. The summed E-state index contributed by atoms with van der Waals surface area (Å²) in [6.07, 6.45) is 2.92. The van der Waals surface area contributed by atoms with Crippen molar-refractivity contribution in [1.29, 1.82) is 0 Å². The van der Waals surface area contributed by atoms with E-state index in [0.29, 0.717) is 0 Å². The Morgan fingerprint density at radius 3 is 2.93 bits per heavy atom. The van der Waals surface area contributed by atoms with Crippen LogP contribution in [0.1, 0.15) is 6.23 Å². The molecule has 2 heterocycles. The van der Waals surface area contributed by atoms with Gasteiger partial charge in [-0.05, 0) is 18.2 Å². The minimum Gasteiger partial charge on any atom is -0.383 e. The van der Waals surface area contributed by atoms with Gasteiger partial charge in [-0.25, -0.2) is 4.79 Å². The molecule has 0 fully saturated rings. The number of aliphatic hydroxyl groups excluding tert-OH is 1. The highest BCUT2D eigenvalue weighted by Crippen LogP contribution is 2.17. The number of aromatic nitrogens is 2. The summed E-state index contributed by atoms with van der Waals surface area (Å²) in [5.74, 6) is 0.161. The van der Waals surface area contributed by atoms with Crippen LogP contribution in [-0.2, 0) is 4.74 Å². The fraction of sp³-hybridized carbons (Fsp3) is 0.250. The minimum atomic E-state index is -0.968. The lowest BCUT2D eigenvalue weighted by molar-refractivity contribution is -0.0983. The zero-order chi connectivity index (χ0) is 10.1. The summed E-state index contributed by atoms with van der Waals surface area (Å²) in [5.41, 5.74) is 4.82. The Bertz CT molecular complexity index is 426. The van der Waals surface area contributed by atoms with E-state index in [4.69, 9.17) is 15.6 Å². The molecule has 2 rings (SSSR count). The van der Waals surface area contributed by atoms with Crippen LogP contribution < -0.4 is 11.4 Å². The first kappa shape index (κ1) is 8.92. The van der Waals surface area contributed by atoms with Crippen molar-refractivity contribution in [3.05, 3.63) is 34.9 Å². The minimum absolute atomic E-state index is 0.161. The van der Waals surface area contributed by atoms with Crippen molar-refractivity contribution in [3.8, 4) is 0 Å².